The van der Waals surface area contributed by atoms with Crippen molar-refractivity contribution in [1.29, 1.82) is 0 Å². The number of carbonyl (C=O) groups is 3. The third-order valence-electron chi connectivity index (χ3n) is 2.74. The van der Waals surface area contributed by atoms with Crippen molar-refractivity contribution in [2.24, 2.45) is 11.7 Å². The molecule has 1 aliphatic carbocycles. The van der Waals surface area contributed by atoms with E-state index in [2.05, 4.69) is 11.3 Å². The zero-order valence-electron chi connectivity index (χ0n) is 8.30. The molecule has 0 spiro atoms. The number of esters is 2. The quantitative estimate of drug-likeness (QED) is 0.389. The molecular weight excluding hydrogens is 210 g/mol. The summed E-state index contributed by atoms with van der Waals surface area (Å²) in [6, 6.07) is 0. The lowest BCUT2D eigenvalue weighted by atomic mass is 9.75. The molecule has 1 aliphatic heterocycles. The van der Waals surface area contributed by atoms with Crippen LogP contribution in [-0.4, -0.2) is 23.3 Å². The van der Waals surface area contributed by atoms with E-state index in [1.807, 2.05) is 0 Å². The molecule has 2 unspecified atom stereocenters. The van der Waals surface area contributed by atoms with Gasteiger partial charge in [-0.25, -0.2) is 4.79 Å². The van der Waals surface area contributed by atoms with E-state index in [4.69, 9.17) is 5.73 Å². The van der Waals surface area contributed by atoms with Crippen LogP contribution in [0.1, 0.15) is 0 Å². The van der Waals surface area contributed by atoms with Crippen LogP contribution in [0, 0.1) is 5.92 Å². The van der Waals surface area contributed by atoms with Crippen molar-refractivity contribution >= 4 is 17.7 Å². The van der Waals surface area contributed by atoms with Crippen LogP contribution in [0.2, 0.25) is 0 Å². The van der Waals surface area contributed by atoms with E-state index in [1.165, 1.54) is 18.2 Å². The second-order valence-electron chi connectivity index (χ2n) is 3.59. The molecular formula is C11H9NO4. The van der Waals surface area contributed by atoms with Crippen LogP contribution in [0.25, 0.3) is 0 Å². The molecule has 2 aliphatic rings. The maximum Gasteiger partial charge on any atom is 0.339 e. The molecule has 2 atom stereocenters. The van der Waals surface area contributed by atoms with E-state index in [1.54, 1.807) is 0 Å². The van der Waals surface area contributed by atoms with Gasteiger partial charge in [0.05, 0.1) is 0 Å². The van der Waals surface area contributed by atoms with Gasteiger partial charge in [0.15, 0.2) is 11.3 Å². The highest BCUT2D eigenvalue weighted by Gasteiger charge is 2.58. The molecule has 82 valence electrons. The van der Waals surface area contributed by atoms with Crippen LogP contribution in [0.3, 0.4) is 0 Å². The average molecular weight is 219 g/mol. The number of carbonyl (C=O) groups excluding carboxylic acids is 3. The van der Waals surface area contributed by atoms with Gasteiger partial charge in [-0.05, 0) is 6.08 Å². The molecule has 0 aromatic heterocycles. The number of cyclic esters (lactones) is 2. The number of ketones is 1. The van der Waals surface area contributed by atoms with Crippen molar-refractivity contribution in [2.75, 3.05) is 0 Å². The molecule has 0 aromatic carbocycles. The molecule has 2 rings (SSSR count). The molecule has 0 amide bonds. The predicted molar refractivity (Wildman–Crippen MR) is 53.9 cm³/mol. The van der Waals surface area contributed by atoms with Crippen molar-refractivity contribution < 1.29 is 19.1 Å². The minimum Gasteiger partial charge on any atom is -0.391 e. The van der Waals surface area contributed by atoms with Gasteiger partial charge < -0.3 is 10.5 Å². The highest BCUT2D eigenvalue weighted by molar-refractivity contribution is 6.16. The Labute approximate surface area is 91.2 Å². The molecule has 0 radical (unpaired) electrons. The van der Waals surface area contributed by atoms with Crippen molar-refractivity contribution in [1.82, 2.24) is 0 Å². The largest absolute Gasteiger partial charge is 0.391 e. The maximum absolute atomic E-state index is 11.5. The lowest BCUT2D eigenvalue weighted by molar-refractivity contribution is -0.153. The Morgan fingerprint density at radius 3 is 2.88 bits per heavy atom. The smallest absolute Gasteiger partial charge is 0.339 e. The fourth-order valence-corrected chi connectivity index (χ4v) is 1.86. The van der Waals surface area contributed by atoms with Crippen LogP contribution >= 0.6 is 0 Å². The normalized spacial score (nSPS) is 31.8. The van der Waals surface area contributed by atoms with Gasteiger partial charge in [-0.2, -0.15) is 0 Å². The zero-order valence-corrected chi connectivity index (χ0v) is 8.30. The van der Waals surface area contributed by atoms with Gasteiger partial charge in [0.1, 0.15) is 5.92 Å². The summed E-state index contributed by atoms with van der Waals surface area (Å²) in [7, 11) is 0. The van der Waals surface area contributed by atoms with Gasteiger partial charge in [0.2, 0.25) is 0 Å². The molecule has 16 heavy (non-hydrogen) atoms. The van der Waals surface area contributed by atoms with E-state index in [0.29, 0.717) is 0 Å². The number of allylic oxidation sites excluding steroid dienone is 3. The third-order valence-corrected chi connectivity index (χ3v) is 2.74. The van der Waals surface area contributed by atoms with Crippen molar-refractivity contribution in [3.8, 4) is 0 Å². The topological polar surface area (TPSA) is 86.5 Å². The van der Waals surface area contributed by atoms with E-state index in [-0.39, 0.29) is 5.57 Å². The third kappa shape index (κ3) is 1.12. The van der Waals surface area contributed by atoms with Crippen molar-refractivity contribution in [2.45, 2.75) is 5.54 Å². The Morgan fingerprint density at radius 2 is 2.25 bits per heavy atom. The van der Waals surface area contributed by atoms with Gasteiger partial charge in [-0.1, -0.05) is 24.8 Å². The summed E-state index contributed by atoms with van der Waals surface area (Å²) >= 11 is 0. The number of hydrogen-bond acceptors (Lipinski definition) is 5. The minimum absolute atomic E-state index is 0.0332. The molecule has 2 N–H and O–H groups in total. The Balaban J connectivity index is 2.56. The lowest BCUT2D eigenvalue weighted by Gasteiger charge is -2.26. The number of rotatable bonds is 2. The van der Waals surface area contributed by atoms with Crippen LogP contribution in [0.4, 0.5) is 0 Å². The summed E-state index contributed by atoms with van der Waals surface area (Å²) in [6.45, 7) is 3.32. The first kappa shape index (κ1) is 10.5. The fraction of sp³-hybridized carbons (Fsp3) is 0.182. The van der Waals surface area contributed by atoms with Gasteiger partial charge in [-0.15, -0.1) is 0 Å². The summed E-state index contributed by atoms with van der Waals surface area (Å²) in [6.07, 6.45) is 5.41. The van der Waals surface area contributed by atoms with Gasteiger partial charge >= 0.3 is 11.9 Å². The molecule has 0 saturated carbocycles. The SMILES string of the molecule is C=CC(=O)C1=CC=CC2C(=O)OC(=O)C12N. The fourth-order valence-electron chi connectivity index (χ4n) is 1.86. The Hall–Kier alpha value is -2.01. The predicted octanol–water partition coefficient (Wildman–Crippen LogP) is -0.365. The lowest BCUT2D eigenvalue weighted by Crippen LogP contribution is -2.54. The number of ether oxygens (including phenoxy) is 1. The van der Waals surface area contributed by atoms with Crippen LogP contribution in [0.5, 0.6) is 0 Å². The first-order valence-electron chi connectivity index (χ1n) is 4.62. The first-order valence-corrected chi connectivity index (χ1v) is 4.62. The Morgan fingerprint density at radius 1 is 1.56 bits per heavy atom. The van der Waals surface area contributed by atoms with Gasteiger partial charge in [-0.3, -0.25) is 9.59 Å². The van der Waals surface area contributed by atoms with Crippen molar-refractivity contribution in [3.05, 3.63) is 36.5 Å². The first-order chi connectivity index (χ1) is 7.51. The minimum atomic E-state index is -1.70. The second kappa shape index (κ2) is 3.24. The van der Waals surface area contributed by atoms with Crippen molar-refractivity contribution in [3.63, 3.8) is 0 Å². The van der Waals surface area contributed by atoms with Gasteiger partial charge in [0, 0.05) is 5.57 Å². The Kier molecular flexibility index (Phi) is 2.13. The van der Waals surface area contributed by atoms with E-state index >= 15 is 0 Å². The molecule has 1 fully saturated rings. The average Bonchev–Trinajstić information content (AvgIpc) is 2.49. The van der Waals surface area contributed by atoms with E-state index in [9.17, 15) is 14.4 Å². The molecule has 0 bridgehead atoms. The summed E-state index contributed by atoms with van der Waals surface area (Å²) in [5.74, 6) is -3.04. The highest BCUT2D eigenvalue weighted by atomic mass is 16.6. The summed E-state index contributed by atoms with van der Waals surface area (Å²) in [5, 5.41) is 0. The summed E-state index contributed by atoms with van der Waals surface area (Å²) in [4.78, 5) is 34.4. The molecule has 5 heteroatoms. The number of hydrogen-bond donors (Lipinski definition) is 1. The summed E-state index contributed by atoms with van der Waals surface area (Å²) in [5.41, 5.74) is 4.17. The Bertz CT molecular complexity index is 474. The second-order valence-corrected chi connectivity index (χ2v) is 3.59. The number of fused-ring (bicyclic) bond motifs is 1. The monoisotopic (exact) mass is 219 g/mol. The van der Waals surface area contributed by atoms with Crippen LogP contribution < -0.4 is 5.73 Å². The molecule has 0 aromatic rings. The molecule has 1 saturated heterocycles. The summed E-state index contributed by atoms with van der Waals surface area (Å²) < 4.78 is 4.45. The maximum atomic E-state index is 11.5. The molecule has 5 nitrogen and oxygen atoms in total. The molecule has 1 heterocycles. The van der Waals surface area contributed by atoms with E-state index < -0.39 is 29.2 Å². The van der Waals surface area contributed by atoms with E-state index in [0.717, 1.165) is 6.08 Å². The standard InChI is InChI=1S/C11H9NO4/c1-2-8(13)6-4-3-5-7-9(14)16-10(15)11(6,7)12/h2-5,7H,1,12H2. The highest BCUT2D eigenvalue weighted by Crippen LogP contribution is 2.36. The zero-order chi connectivity index (χ0) is 11.9. The van der Waals surface area contributed by atoms with Gasteiger partial charge in [0.25, 0.3) is 0 Å². The van der Waals surface area contributed by atoms with Crippen LogP contribution in [-0.2, 0) is 19.1 Å². The number of nitrogens with two attached hydrogens (primary N) is 1. The van der Waals surface area contributed by atoms with Crippen LogP contribution in [0.15, 0.2) is 36.5 Å².